The van der Waals surface area contributed by atoms with E-state index in [-0.39, 0.29) is 6.10 Å². The van der Waals surface area contributed by atoms with Crippen LogP contribution in [0.25, 0.3) is 10.8 Å². The molecule has 3 aromatic carbocycles. The van der Waals surface area contributed by atoms with Gasteiger partial charge in [-0.1, -0.05) is 37.1 Å². The molecule has 0 spiro atoms. The van der Waals surface area contributed by atoms with Gasteiger partial charge in [-0.2, -0.15) is 0 Å². The molecule has 5 rings (SSSR count). The lowest BCUT2D eigenvalue weighted by atomic mass is 9.94. The molecule has 2 saturated heterocycles. The molecule has 0 saturated carbocycles. The van der Waals surface area contributed by atoms with Crippen LogP contribution in [0, 0.1) is 0 Å². The number of likely N-dealkylation sites (tertiary alicyclic amines) is 1. The summed E-state index contributed by atoms with van der Waals surface area (Å²) in [6, 6.07) is 18.4. The maximum atomic E-state index is 10.0. The van der Waals surface area contributed by atoms with Gasteiger partial charge in [-0.25, -0.2) is 0 Å². The Morgan fingerprint density at radius 3 is 2.31 bits per heavy atom. The van der Waals surface area contributed by atoms with Crippen molar-refractivity contribution in [3.05, 3.63) is 65.7 Å². The number of aliphatic hydroxyl groups excluding tert-OH is 1. The number of piperidine rings is 1. The number of fused-ring (bicyclic) bond motifs is 1. The van der Waals surface area contributed by atoms with Crippen LogP contribution in [0.5, 0.6) is 11.5 Å². The van der Waals surface area contributed by atoms with Gasteiger partial charge in [-0.3, -0.25) is 4.90 Å². The van der Waals surface area contributed by atoms with Gasteiger partial charge < -0.3 is 19.8 Å². The van der Waals surface area contributed by atoms with Crippen LogP contribution in [0.1, 0.15) is 49.7 Å². The van der Waals surface area contributed by atoms with Crippen LogP contribution < -0.4 is 9.64 Å². The zero-order valence-corrected chi connectivity index (χ0v) is 20.7. The van der Waals surface area contributed by atoms with Crippen molar-refractivity contribution in [3.63, 3.8) is 0 Å². The quantitative estimate of drug-likeness (QED) is 0.483. The van der Waals surface area contributed by atoms with Crippen molar-refractivity contribution in [1.82, 2.24) is 4.90 Å². The van der Waals surface area contributed by atoms with Crippen molar-refractivity contribution >= 4 is 16.5 Å². The number of anilines is 1. The van der Waals surface area contributed by atoms with E-state index in [2.05, 4.69) is 46.2 Å². The van der Waals surface area contributed by atoms with Crippen LogP contribution >= 0.6 is 0 Å². The number of hydrogen-bond donors (Lipinski definition) is 2. The first kappa shape index (κ1) is 24.0. The number of rotatable bonds is 7. The second kappa shape index (κ2) is 11.3. The van der Waals surface area contributed by atoms with Crippen LogP contribution in [0.3, 0.4) is 0 Å². The lowest BCUT2D eigenvalue weighted by molar-refractivity contribution is 0.145. The van der Waals surface area contributed by atoms with Gasteiger partial charge >= 0.3 is 0 Å². The maximum Gasteiger partial charge on any atom is 0.119 e. The van der Waals surface area contributed by atoms with Gasteiger partial charge in [0.2, 0.25) is 0 Å². The first-order valence-corrected chi connectivity index (χ1v) is 13.3. The Bertz CT molecular complexity index is 1100. The summed E-state index contributed by atoms with van der Waals surface area (Å²) >= 11 is 0. The lowest BCUT2D eigenvalue weighted by Crippen LogP contribution is -2.36. The summed E-state index contributed by atoms with van der Waals surface area (Å²) in [6.45, 7) is 5.85. The molecule has 0 aliphatic carbocycles. The van der Waals surface area contributed by atoms with Gasteiger partial charge in [0.05, 0.1) is 6.10 Å². The molecule has 2 heterocycles. The lowest BCUT2D eigenvalue weighted by Gasteiger charge is -2.33. The van der Waals surface area contributed by atoms with Crippen LogP contribution in [0.4, 0.5) is 5.69 Å². The summed E-state index contributed by atoms with van der Waals surface area (Å²) in [6.07, 6.45) is 7.55. The molecular formula is C30H38N2O3. The highest BCUT2D eigenvalue weighted by molar-refractivity contribution is 5.91. The molecule has 5 heteroatoms. The molecule has 0 unspecified atom stereocenters. The van der Waals surface area contributed by atoms with Crippen LogP contribution in [-0.4, -0.2) is 60.5 Å². The molecule has 2 aliphatic heterocycles. The molecular weight excluding hydrogens is 436 g/mol. The number of ether oxygens (including phenoxy) is 1. The van der Waals surface area contributed by atoms with Gasteiger partial charge in [-0.05, 0) is 91.0 Å². The average molecular weight is 475 g/mol. The average Bonchev–Trinajstić information content (AvgIpc) is 3.15. The summed E-state index contributed by atoms with van der Waals surface area (Å²) < 4.78 is 6.07. The third-order valence-electron chi connectivity index (χ3n) is 7.57. The highest BCUT2D eigenvalue weighted by atomic mass is 16.5. The van der Waals surface area contributed by atoms with Crippen molar-refractivity contribution in [2.75, 3.05) is 44.2 Å². The first-order valence-electron chi connectivity index (χ1n) is 13.3. The van der Waals surface area contributed by atoms with Gasteiger partial charge in [0, 0.05) is 31.7 Å². The highest BCUT2D eigenvalue weighted by Gasteiger charge is 2.21. The van der Waals surface area contributed by atoms with E-state index < -0.39 is 0 Å². The van der Waals surface area contributed by atoms with Crippen LogP contribution in [0.15, 0.2) is 54.6 Å². The fourth-order valence-electron chi connectivity index (χ4n) is 5.52. The number of aliphatic hydroxyl groups is 1. The predicted molar refractivity (Wildman–Crippen MR) is 143 cm³/mol. The fourth-order valence-corrected chi connectivity index (χ4v) is 5.52. The highest BCUT2D eigenvalue weighted by Crippen LogP contribution is 2.34. The van der Waals surface area contributed by atoms with Crippen molar-refractivity contribution in [2.45, 2.75) is 51.0 Å². The van der Waals surface area contributed by atoms with Gasteiger partial charge in [-0.15, -0.1) is 0 Å². The minimum Gasteiger partial charge on any atom is -0.508 e. The summed E-state index contributed by atoms with van der Waals surface area (Å²) in [5.41, 5.74) is 3.74. The van der Waals surface area contributed by atoms with Crippen LogP contribution in [0.2, 0.25) is 0 Å². The maximum absolute atomic E-state index is 10.0. The summed E-state index contributed by atoms with van der Waals surface area (Å²) in [4.78, 5) is 4.93. The Hall–Kier alpha value is -2.76. The standard InChI is InChI=1S/C30H38N2O3/c33-25-13-17-32(18-14-25)30-12-7-24-22-26(34)8-11-28(24)29(30)21-23-5-9-27(10-6-23)35-20-19-31-15-3-1-2-4-16-31/h5-12,22,25,33-34H,1-4,13-21H2. The summed E-state index contributed by atoms with van der Waals surface area (Å²) in [5, 5.41) is 22.2. The molecule has 186 valence electrons. The van der Waals surface area contributed by atoms with E-state index in [0.717, 1.165) is 56.6 Å². The molecule has 2 aliphatic rings. The molecule has 2 fully saturated rings. The molecule has 5 nitrogen and oxygen atoms in total. The topological polar surface area (TPSA) is 56.2 Å². The third-order valence-corrected chi connectivity index (χ3v) is 7.57. The monoisotopic (exact) mass is 474 g/mol. The summed E-state index contributed by atoms with van der Waals surface area (Å²) in [5.74, 6) is 1.22. The van der Waals surface area contributed by atoms with Crippen LogP contribution in [-0.2, 0) is 6.42 Å². The second-order valence-corrected chi connectivity index (χ2v) is 10.1. The van der Waals surface area contributed by atoms with E-state index in [1.54, 1.807) is 6.07 Å². The Morgan fingerprint density at radius 2 is 1.57 bits per heavy atom. The van der Waals surface area contributed by atoms with E-state index in [0.29, 0.717) is 5.75 Å². The Morgan fingerprint density at radius 1 is 0.829 bits per heavy atom. The predicted octanol–water partition coefficient (Wildman–Crippen LogP) is 5.35. The molecule has 2 N–H and O–H groups in total. The number of benzene rings is 3. The van der Waals surface area contributed by atoms with E-state index in [1.807, 2.05) is 12.1 Å². The molecule has 0 aromatic heterocycles. The van der Waals surface area contributed by atoms with Gasteiger partial charge in [0.15, 0.2) is 0 Å². The van der Waals surface area contributed by atoms with E-state index >= 15 is 0 Å². The Labute approximate surface area is 208 Å². The largest absolute Gasteiger partial charge is 0.508 e. The number of phenols is 1. The third kappa shape index (κ3) is 6.09. The molecule has 0 amide bonds. The molecule has 3 aromatic rings. The first-order chi connectivity index (χ1) is 17.2. The van der Waals surface area contributed by atoms with Gasteiger partial charge in [0.25, 0.3) is 0 Å². The van der Waals surface area contributed by atoms with Crippen molar-refractivity contribution in [1.29, 1.82) is 0 Å². The smallest absolute Gasteiger partial charge is 0.119 e. The molecule has 0 bridgehead atoms. The van der Waals surface area contributed by atoms with E-state index in [9.17, 15) is 10.2 Å². The van der Waals surface area contributed by atoms with Crippen molar-refractivity contribution < 1.29 is 14.9 Å². The molecule has 35 heavy (non-hydrogen) atoms. The second-order valence-electron chi connectivity index (χ2n) is 10.1. The fraction of sp³-hybridized carbons (Fsp3) is 0.467. The normalized spacial score (nSPS) is 18.0. The van der Waals surface area contributed by atoms with Gasteiger partial charge in [0.1, 0.15) is 18.1 Å². The number of aromatic hydroxyl groups is 1. The zero-order valence-electron chi connectivity index (χ0n) is 20.7. The SMILES string of the molecule is Oc1ccc2c(Cc3ccc(OCCN4CCCCCC4)cc3)c(N3CCC(O)CC3)ccc2c1. The Kier molecular flexibility index (Phi) is 7.75. The minimum absolute atomic E-state index is 0.195. The number of hydrogen-bond acceptors (Lipinski definition) is 5. The van der Waals surface area contributed by atoms with E-state index in [1.165, 1.54) is 61.0 Å². The summed E-state index contributed by atoms with van der Waals surface area (Å²) in [7, 11) is 0. The Balaban J connectivity index is 1.30. The number of phenolic OH excluding ortho intramolecular Hbond substituents is 1. The van der Waals surface area contributed by atoms with E-state index in [4.69, 9.17) is 4.74 Å². The zero-order chi connectivity index (χ0) is 24.0. The minimum atomic E-state index is -0.195. The molecule has 0 atom stereocenters. The van der Waals surface area contributed by atoms with Crippen molar-refractivity contribution in [2.24, 2.45) is 0 Å². The molecule has 0 radical (unpaired) electrons. The van der Waals surface area contributed by atoms with Crippen molar-refractivity contribution in [3.8, 4) is 11.5 Å². The number of nitrogens with zero attached hydrogens (tertiary/aromatic N) is 2.